The molecule has 220 valence electrons. The van der Waals surface area contributed by atoms with Crippen molar-refractivity contribution in [1.29, 1.82) is 0 Å². The molecule has 3 aliphatic rings. The highest BCUT2D eigenvalue weighted by Gasteiger charge is 2.31. The van der Waals surface area contributed by atoms with Gasteiger partial charge in [-0.25, -0.2) is 13.6 Å². The van der Waals surface area contributed by atoms with Gasteiger partial charge in [0.05, 0.1) is 22.7 Å². The first-order valence-electron chi connectivity index (χ1n) is 14.2. The Kier molecular flexibility index (Phi) is 8.15. The SMILES string of the molecule is C=CC(=O)N1CCN(c2nc(=O)n3/c(=C\CC)c2=CC(F)=C(C)c2c(F)cccc2OC2=C3C(C(C)C)NC=C2)CC1. The Morgan fingerprint density at radius 2 is 1.98 bits per heavy atom. The Balaban J connectivity index is 1.88. The number of carbonyl (C=O) groups excluding carboxylic acids is 1. The number of nitrogens with one attached hydrogen (secondary N) is 1. The Bertz CT molecular complexity index is 1710. The molecule has 5 rings (SSSR count). The number of hydrogen-bond acceptors (Lipinski definition) is 6. The lowest BCUT2D eigenvalue weighted by Gasteiger charge is -2.35. The van der Waals surface area contributed by atoms with Crippen LogP contribution >= 0.6 is 0 Å². The third-order valence-corrected chi connectivity index (χ3v) is 7.78. The molecule has 0 radical (unpaired) electrons. The van der Waals surface area contributed by atoms with Gasteiger partial charge in [-0.15, -0.1) is 0 Å². The summed E-state index contributed by atoms with van der Waals surface area (Å²) in [6.45, 7) is 12.6. The van der Waals surface area contributed by atoms with Crippen LogP contribution in [0.25, 0.3) is 23.4 Å². The fourth-order valence-corrected chi connectivity index (χ4v) is 5.63. The largest absolute Gasteiger partial charge is 0.455 e. The van der Waals surface area contributed by atoms with E-state index in [9.17, 15) is 9.59 Å². The fraction of sp³-hybridized carbons (Fsp3) is 0.344. The van der Waals surface area contributed by atoms with E-state index >= 15 is 8.78 Å². The number of amides is 1. The lowest BCUT2D eigenvalue weighted by molar-refractivity contribution is -0.126. The lowest BCUT2D eigenvalue weighted by atomic mass is 9.97. The van der Waals surface area contributed by atoms with Gasteiger partial charge < -0.3 is 19.9 Å². The van der Waals surface area contributed by atoms with Crippen molar-refractivity contribution in [3.63, 3.8) is 0 Å². The first kappa shape index (κ1) is 29.0. The van der Waals surface area contributed by atoms with Crippen molar-refractivity contribution in [3.05, 3.63) is 87.1 Å². The van der Waals surface area contributed by atoms with Gasteiger partial charge in [0.25, 0.3) is 0 Å². The molecule has 1 fully saturated rings. The van der Waals surface area contributed by atoms with Gasteiger partial charge in [0.15, 0.2) is 5.76 Å². The van der Waals surface area contributed by atoms with Crippen LogP contribution < -0.4 is 31.2 Å². The van der Waals surface area contributed by atoms with Crippen molar-refractivity contribution in [2.45, 2.75) is 40.2 Å². The van der Waals surface area contributed by atoms with E-state index in [2.05, 4.69) is 16.9 Å². The molecule has 1 N–H and O–H groups in total. The van der Waals surface area contributed by atoms with Gasteiger partial charge in [-0.1, -0.05) is 39.5 Å². The number of benzene rings is 1. The summed E-state index contributed by atoms with van der Waals surface area (Å²) in [5.41, 5.74) is 0.00572. The van der Waals surface area contributed by atoms with E-state index in [1.165, 1.54) is 35.8 Å². The molecule has 1 atom stereocenters. The summed E-state index contributed by atoms with van der Waals surface area (Å²) in [6.07, 6.45) is 8.43. The molecule has 42 heavy (non-hydrogen) atoms. The van der Waals surface area contributed by atoms with Crippen LogP contribution in [0.15, 0.2) is 59.5 Å². The van der Waals surface area contributed by atoms with Crippen molar-refractivity contribution in [1.82, 2.24) is 19.8 Å². The molecule has 2 bridgehead atoms. The molecule has 0 spiro atoms. The van der Waals surface area contributed by atoms with E-state index in [0.717, 1.165) is 0 Å². The topological polar surface area (TPSA) is 79.7 Å². The average molecular weight is 576 g/mol. The van der Waals surface area contributed by atoms with Crippen LogP contribution in [0.3, 0.4) is 0 Å². The number of aromatic nitrogens is 2. The minimum absolute atomic E-state index is 0.000523. The molecule has 1 amide bonds. The molecule has 1 unspecified atom stereocenters. The fourth-order valence-electron chi connectivity index (χ4n) is 5.63. The maximum absolute atomic E-state index is 16.2. The van der Waals surface area contributed by atoms with E-state index in [-0.39, 0.29) is 34.8 Å². The van der Waals surface area contributed by atoms with E-state index in [0.29, 0.717) is 60.4 Å². The van der Waals surface area contributed by atoms with Gasteiger partial charge in [0.1, 0.15) is 23.2 Å². The maximum Gasteiger partial charge on any atom is 0.354 e. The quantitative estimate of drug-likeness (QED) is 0.564. The zero-order valence-electron chi connectivity index (χ0n) is 24.3. The van der Waals surface area contributed by atoms with Crippen LogP contribution in [0.4, 0.5) is 14.6 Å². The molecule has 10 heteroatoms. The molecule has 2 aromatic rings. The summed E-state index contributed by atoms with van der Waals surface area (Å²) in [5, 5.41) is 4.18. The molecular weight excluding hydrogens is 540 g/mol. The molecule has 3 aliphatic heterocycles. The van der Waals surface area contributed by atoms with E-state index in [1.54, 1.807) is 23.2 Å². The first-order chi connectivity index (χ1) is 20.2. The average Bonchev–Trinajstić information content (AvgIpc) is 2.98. The van der Waals surface area contributed by atoms with Crippen LogP contribution in [0.1, 0.15) is 39.7 Å². The summed E-state index contributed by atoms with van der Waals surface area (Å²) < 4.78 is 39.3. The van der Waals surface area contributed by atoms with Gasteiger partial charge in [0, 0.05) is 37.6 Å². The van der Waals surface area contributed by atoms with Crippen molar-refractivity contribution in [3.8, 4) is 5.75 Å². The smallest absolute Gasteiger partial charge is 0.354 e. The standard InChI is InChI=1S/C32H35F2N5O3/c1-6-9-24-21-18-23(34)20(5)28-22(33)10-8-11-25(28)42-26-12-13-35-29(19(3)4)30(26)39(24)32(41)36-31(21)38-16-14-37(15-17-38)27(40)7-2/h7-13,18-19,29,35H,2,6,14-17H2,1,3-5H3/b21-18?,23-20?,24-9-. The maximum atomic E-state index is 16.2. The summed E-state index contributed by atoms with van der Waals surface area (Å²) in [4.78, 5) is 34.3. The number of carbonyl (C=O) groups is 1. The number of nitrogens with zero attached hydrogens (tertiary/aromatic N) is 4. The molecular formula is C32H35F2N5O3. The number of ether oxygens (including phenoxy) is 1. The van der Waals surface area contributed by atoms with Crippen molar-refractivity contribution >= 4 is 35.1 Å². The van der Waals surface area contributed by atoms with Gasteiger partial charge in [-0.2, -0.15) is 4.98 Å². The highest BCUT2D eigenvalue weighted by molar-refractivity contribution is 5.87. The number of anilines is 1. The van der Waals surface area contributed by atoms with Crippen LogP contribution in [-0.2, 0) is 4.79 Å². The molecule has 0 aliphatic carbocycles. The first-order valence-corrected chi connectivity index (χ1v) is 14.2. The van der Waals surface area contributed by atoms with Crippen molar-refractivity contribution in [2.75, 3.05) is 31.1 Å². The Morgan fingerprint density at radius 1 is 1.24 bits per heavy atom. The number of rotatable bonds is 4. The lowest BCUT2D eigenvalue weighted by Crippen LogP contribution is -2.55. The van der Waals surface area contributed by atoms with Gasteiger partial charge >= 0.3 is 5.69 Å². The van der Waals surface area contributed by atoms with Gasteiger partial charge in [-0.05, 0) is 55.2 Å². The number of fused-ring (bicyclic) bond motifs is 4. The predicted octanol–water partition coefficient (Wildman–Crippen LogP) is 3.29. The van der Waals surface area contributed by atoms with E-state index in [1.807, 2.05) is 31.7 Å². The number of piperazine rings is 1. The highest BCUT2D eigenvalue weighted by Crippen LogP contribution is 2.35. The Hall–Kier alpha value is -4.47. The summed E-state index contributed by atoms with van der Waals surface area (Å²) in [7, 11) is 0. The van der Waals surface area contributed by atoms with Gasteiger partial charge in [-0.3, -0.25) is 9.36 Å². The number of hydrogen-bond donors (Lipinski definition) is 1. The van der Waals surface area contributed by atoms with Crippen LogP contribution in [0.5, 0.6) is 5.75 Å². The molecule has 1 saturated heterocycles. The minimum Gasteiger partial charge on any atom is -0.455 e. The Morgan fingerprint density at radius 3 is 2.64 bits per heavy atom. The third-order valence-electron chi connectivity index (χ3n) is 7.78. The van der Waals surface area contributed by atoms with E-state index in [4.69, 9.17) is 4.74 Å². The number of dihydropyridines is 1. The second-order valence-corrected chi connectivity index (χ2v) is 10.8. The van der Waals surface area contributed by atoms with Crippen LogP contribution in [0, 0.1) is 11.7 Å². The highest BCUT2D eigenvalue weighted by atomic mass is 19.1. The second-order valence-electron chi connectivity index (χ2n) is 10.8. The summed E-state index contributed by atoms with van der Waals surface area (Å²) in [6, 6.07) is 3.99. The number of allylic oxidation sites excluding steroid dienone is 3. The normalized spacial score (nSPS) is 19.0. The zero-order valence-corrected chi connectivity index (χ0v) is 24.3. The summed E-state index contributed by atoms with van der Waals surface area (Å²) in [5.74, 6) is -0.692. The van der Waals surface area contributed by atoms with Crippen LogP contribution in [-0.4, -0.2) is 52.6 Å². The predicted molar refractivity (Wildman–Crippen MR) is 161 cm³/mol. The molecule has 8 nitrogen and oxygen atoms in total. The van der Waals surface area contributed by atoms with E-state index < -0.39 is 17.3 Å². The van der Waals surface area contributed by atoms with Crippen molar-refractivity contribution < 1.29 is 18.3 Å². The molecule has 1 aromatic heterocycles. The third kappa shape index (κ3) is 5.17. The van der Waals surface area contributed by atoms with Gasteiger partial charge in [0.2, 0.25) is 5.91 Å². The Labute approximate surface area is 243 Å². The zero-order chi connectivity index (χ0) is 30.1. The summed E-state index contributed by atoms with van der Waals surface area (Å²) >= 11 is 0. The molecule has 4 heterocycles. The number of halogens is 2. The molecule has 0 saturated carbocycles. The van der Waals surface area contributed by atoms with Crippen LogP contribution in [0.2, 0.25) is 0 Å². The minimum atomic E-state index is -0.682. The van der Waals surface area contributed by atoms with Crippen molar-refractivity contribution in [2.24, 2.45) is 5.92 Å². The second kappa shape index (κ2) is 11.8. The monoisotopic (exact) mass is 575 g/mol. The molecule has 1 aromatic carbocycles.